The second kappa shape index (κ2) is 17.7. The van der Waals surface area contributed by atoms with Crippen LogP contribution < -0.4 is 20.7 Å². The monoisotopic (exact) mass is 864 g/mol. The molecule has 5 atom stereocenters. The lowest BCUT2D eigenvalue weighted by molar-refractivity contribution is -0.158. The van der Waals surface area contributed by atoms with Crippen LogP contribution in [0, 0.1) is 29.1 Å². The van der Waals surface area contributed by atoms with Gasteiger partial charge in [0.2, 0.25) is 0 Å². The molecule has 1 heterocycles. The lowest BCUT2D eigenvalue weighted by Gasteiger charge is -2.48. The minimum absolute atomic E-state index is 0.0225. The highest BCUT2D eigenvalue weighted by Crippen LogP contribution is 2.55. The topological polar surface area (TPSA) is 75.8 Å². The van der Waals surface area contributed by atoms with Gasteiger partial charge < -0.3 is 27.8 Å². The molecular formula is C53H60O7Si2. The van der Waals surface area contributed by atoms with Crippen molar-refractivity contribution in [2.75, 3.05) is 20.5 Å². The SMILES string of the molecule is COCO[C@H](COC(=O)C(C)(C)C)/C1=C/C#C[C@@H]2O[C@]23C(=C[C@H](O[Si](c2ccccc2)(c2ccccc2)C(C)(C)C)[C@H]3O[Si](c2ccccc2)(c2ccccc2)C(C)(C)C)C#C1. The van der Waals surface area contributed by atoms with E-state index in [1.165, 1.54) is 0 Å². The summed E-state index contributed by atoms with van der Waals surface area (Å²) in [5.41, 5.74) is -0.417. The average molecular weight is 865 g/mol. The van der Waals surface area contributed by atoms with Crippen molar-refractivity contribution in [2.45, 2.75) is 102 Å². The van der Waals surface area contributed by atoms with Crippen molar-refractivity contribution < 1.29 is 32.6 Å². The first-order valence-corrected chi connectivity index (χ1v) is 25.3. The van der Waals surface area contributed by atoms with Crippen molar-refractivity contribution in [2.24, 2.45) is 5.41 Å². The van der Waals surface area contributed by atoms with Crippen molar-refractivity contribution in [3.05, 3.63) is 145 Å². The number of ether oxygens (including phenoxy) is 4. The number of hydrogen-bond acceptors (Lipinski definition) is 7. The molecule has 2 aliphatic carbocycles. The van der Waals surface area contributed by atoms with Gasteiger partial charge in [-0.05, 0) is 57.7 Å². The summed E-state index contributed by atoms with van der Waals surface area (Å²) in [7, 11) is -4.85. The van der Waals surface area contributed by atoms with Crippen LogP contribution in [0.5, 0.6) is 0 Å². The Morgan fingerprint density at radius 1 is 0.694 bits per heavy atom. The van der Waals surface area contributed by atoms with E-state index < -0.39 is 52.1 Å². The molecule has 0 unspecified atom stereocenters. The fourth-order valence-electron chi connectivity index (χ4n) is 8.95. The maximum absolute atomic E-state index is 12.9. The summed E-state index contributed by atoms with van der Waals surface area (Å²) in [6.45, 7) is 19.1. The quantitative estimate of drug-likeness (QED) is 0.0428. The molecule has 4 aromatic rings. The van der Waals surface area contributed by atoms with Crippen molar-refractivity contribution >= 4 is 43.4 Å². The van der Waals surface area contributed by atoms with Gasteiger partial charge in [0.15, 0.2) is 11.7 Å². The molecule has 0 saturated carbocycles. The smallest absolute Gasteiger partial charge is 0.311 e. The van der Waals surface area contributed by atoms with Crippen LogP contribution in [0.15, 0.2) is 145 Å². The summed E-state index contributed by atoms with van der Waals surface area (Å²) in [4.78, 5) is 12.9. The molecule has 1 aliphatic heterocycles. The van der Waals surface area contributed by atoms with E-state index >= 15 is 0 Å². The molecular weight excluding hydrogens is 805 g/mol. The fraction of sp³-hybridized carbons (Fsp3) is 0.377. The Labute approximate surface area is 371 Å². The molecule has 322 valence electrons. The van der Waals surface area contributed by atoms with Crippen molar-refractivity contribution in [1.82, 2.24) is 0 Å². The summed E-state index contributed by atoms with van der Waals surface area (Å²) in [6.07, 6.45) is 1.39. The van der Waals surface area contributed by atoms with Crippen molar-refractivity contribution in [3.63, 3.8) is 0 Å². The van der Waals surface area contributed by atoms with Gasteiger partial charge in [-0.15, -0.1) is 0 Å². The van der Waals surface area contributed by atoms with E-state index in [9.17, 15) is 4.79 Å². The number of carbonyl (C=O) groups is 1. The minimum Gasteiger partial charge on any atom is -0.462 e. The minimum atomic E-state index is -3.23. The van der Waals surface area contributed by atoms with Crippen LogP contribution in [0.4, 0.5) is 0 Å². The van der Waals surface area contributed by atoms with Gasteiger partial charge in [0, 0.05) is 24.3 Å². The zero-order chi connectivity index (χ0) is 44.4. The number of benzene rings is 4. The first-order chi connectivity index (χ1) is 29.5. The van der Waals surface area contributed by atoms with Gasteiger partial charge in [-0.2, -0.15) is 0 Å². The Bertz CT molecular complexity index is 2310. The molecule has 0 bridgehead atoms. The average Bonchev–Trinajstić information content (AvgIpc) is 3.88. The standard InChI is InChI=1S/C53H60O7Si2/c1-50(2,3)49(54)56-37-46(57-38-55-10)39-24-23-33-47-53(58-47)40(35-34-39)36-45(59-61(51(4,5)6,41-25-15-11-16-26-41)42-27-17-12-18-28-42)48(53)60-62(52(7,8)9,43-29-19-13-20-30-43)44-31-21-14-22-32-44/h11-22,24-32,36,45-48H,37-38H2,1-10H3/b39-24+/t45-,46+,47-,48+,53+/m0/s1. The van der Waals surface area contributed by atoms with Crippen LogP contribution in [0.2, 0.25) is 10.1 Å². The summed E-state index contributed by atoms with van der Waals surface area (Å²) in [5.74, 6) is 13.3. The van der Waals surface area contributed by atoms with Gasteiger partial charge in [0.25, 0.3) is 16.6 Å². The molecule has 1 saturated heterocycles. The number of rotatable bonds is 14. The zero-order valence-corrected chi connectivity index (χ0v) is 39.8. The van der Waals surface area contributed by atoms with Gasteiger partial charge in [-0.3, -0.25) is 4.79 Å². The first kappa shape index (κ1) is 45.2. The normalized spacial score (nSPS) is 22.3. The molecule has 4 aromatic carbocycles. The number of methoxy groups -OCH3 is 1. The predicted molar refractivity (Wildman–Crippen MR) is 251 cm³/mol. The van der Waals surface area contributed by atoms with Gasteiger partial charge in [0.1, 0.15) is 25.6 Å². The number of allylic oxidation sites excluding steroid dienone is 1. The molecule has 0 radical (unpaired) electrons. The predicted octanol–water partition coefficient (Wildman–Crippen LogP) is 7.48. The first-order valence-electron chi connectivity index (χ1n) is 21.5. The Morgan fingerprint density at radius 3 is 1.60 bits per heavy atom. The van der Waals surface area contributed by atoms with E-state index in [1.807, 2.05) is 20.8 Å². The van der Waals surface area contributed by atoms with E-state index in [0.29, 0.717) is 5.57 Å². The summed E-state index contributed by atoms with van der Waals surface area (Å²) >= 11 is 0. The van der Waals surface area contributed by atoms with Gasteiger partial charge in [-0.25, -0.2) is 0 Å². The third kappa shape index (κ3) is 8.48. The summed E-state index contributed by atoms with van der Waals surface area (Å²) in [6, 6.07) is 42.7. The van der Waals surface area contributed by atoms with E-state index in [1.54, 1.807) is 13.2 Å². The third-order valence-electron chi connectivity index (χ3n) is 12.1. The molecule has 0 amide bonds. The maximum atomic E-state index is 12.9. The molecule has 0 aromatic heterocycles. The Kier molecular flexibility index (Phi) is 12.9. The van der Waals surface area contributed by atoms with Gasteiger partial charge in [-0.1, -0.05) is 187 Å². The fourth-order valence-corrected chi connectivity index (χ4v) is 18.3. The van der Waals surface area contributed by atoms with E-state index in [4.69, 9.17) is 27.8 Å². The van der Waals surface area contributed by atoms with Gasteiger partial charge >= 0.3 is 5.97 Å². The number of esters is 1. The van der Waals surface area contributed by atoms with Crippen LogP contribution >= 0.6 is 0 Å². The van der Waals surface area contributed by atoms with Crippen LogP contribution in [0.25, 0.3) is 0 Å². The zero-order valence-electron chi connectivity index (χ0n) is 37.8. The highest BCUT2D eigenvalue weighted by atomic mass is 28.4. The lowest BCUT2D eigenvalue weighted by atomic mass is 9.95. The van der Waals surface area contributed by atoms with Crippen LogP contribution in [0.1, 0.15) is 62.3 Å². The summed E-state index contributed by atoms with van der Waals surface area (Å²) in [5, 5.41) is 3.95. The number of epoxide rings is 1. The van der Waals surface area contributed by atoms with Crippen molar-refractivity contribution in [1.29, 1.82) is 0 Å². The Balaban J connectivity index is 1.44. The number of hydrogen-bond donors (Lipinski definition) is 0. The highest BCUT2D eigenvalue weighted by Gasteiger charge is 2.72. The molecule has 9 heteroatoms. The Morgan fingerprint density at radius 2 is 1.16 bits per heavy atom. The molecule has 0 N–H and O–H groups in total. The highest BCUT2D eigenvalue weighted by molar-refractivity contribution is 7.00. The molecule has 7 rings (SSSR count). The van der Waals surface area contributed by atoms with E-state index in [0.717, 1.165) is 26.3 Å². The molecule has 1 spiro atoms. The molecule has 7 nitrogen and oxygen atoms in total. The van der Waals surface area contributed by atoms with Crippen molar-refractivity contribution in [3.8, 4) is 23.7 Å². The number of carbonyl (C=O) groups excluding carboxylic acids is 1. The van der Waals surface area contributed by atoms with Crippen LogP contribution in [-0.4, -0.2) is 73.1 Å². The molecule has 3 aliphatic rings. The summed E-state index contributed by atoms with van der Waals surface area (Å²) < 4.78 is 40.3. The maximum Gasteiger partial charge on any atom is 0.311 e. The lowest BCUT2D eigenvalue weighted by Crippen LogP contribution is -2.71. The second-order valence-corrected chi connectivity index (χ2v) is 27.9. The molecule has 1 fully saturated rings. The van der Waals surface area contributed by atoms with Crippen LogP contribution in [0.3, 0.4) is 0 Å². The van der Waals surface area contributed by atoms with E-state index in [-0.39, 0.29) is 29.4 Å². The third-order valence-corrected chi connectivity index (χ3v) is 22.1. The van der Waals surface area contributed by atoms with E-state index in [2.05, 4.69) is 193 Å². The van der Waals surface area contributed by atoms with Crippen LogP contribution in [-0.2, 0) is 32.6 Å². The largest absolute Gasteiger partial charge is 0.462 e. The Hall–Kier alpha value is -4.82. The van der Waals surface area contributed by atoms with Gasteiger partial charge in [0.05, 0.1) is 11.5 Å². The molecule has 62 heavy (non-hydrogen) atoms. The second-order valence-electron chi connectivity index (χ2n) is 19.4.